The summed E-state index contributed by atoms with van der Waals surface area (Å²) < 4.78 is 20.1. The minimum Gasteiger partial charge on any atom is -0.476 e. The zero-order chi connectivity index (χ0) is 15.9. The Morgan fingerprint density at radius 3 is 2.73 bits per heavy atom. The number of nitrogens with zero attached hydrogens (tertiary/aromatic N) is 1. The Kier molecular flexibility index (Phi) is 3.78. The Morgan fingerprint density at radius 1 is 1.36 bits per heavy atom. The summed E-state index contributed by atoms with van der Waals surface area (Å²) in [5.41, 5.74) is 6.98. The molecule has 2 aromatic carbocycles. The van der Waals surface area contributed by atoms with E-state index in [0.29, 0.717) is 16.7 Å². The SMILES string of the molecule is C[C@H]1Oc2c(cc(Br)c(N)c2F)N(Cc2ccccc2)C1=O. The van der Waals surface area contributed by atoms with Gasteiger partial charge in [0.25, 0.3) is 5.91 Å². The van der Waals surface area contributed by atoms with E-state index >= 15 is 0 Å². The van der Waals surface area contributed by atoms with Gasteiger partial charge in [-0.2, -0.15) is 0 Å². The smallest absolute Gasteiger partial charge is 0.268 e. The van der Waals surface area contributed by atoms with Crippen LogP contribution < -0.4 is 15.4 Å². The number of fused-ring (bicyclic) bond motifs is 1. The number of carbonyl (C=O) groups excluding carboxylic acids is 1. The Labute approximate surface area is 135 Å². The fraction of sp³-hybridized carbons (Fsp3) is 0.188. The van der Waals surface area contributed by atoms with E-state index in [1.807, 2.05) is 30.3 Å². The van der Waals surface area contributed by atoms with Crippen LogP contribution >= 0.6 is 15.9 Å². The van der Waals surface area contributed by atoms with Crippen molar-refractivity contribution in [1.29, 1.82) is 0 Å². The number of halogens is 2. The van der Waals surface area contributed by atoms with Crippen LogP contribution in [0.1, 0.15) is 12.5 Å². The van der Waals surface area contributed by atoms with E-state index in [1.54, 1.807) is 13.0 Å². The molecule has 1 aliphatic heterocycles. The van der Waals surface area contributed by atoms with Crippen molar-refractivity contribution in [2.24, 2.45) is 0 Å². The number of anilines is 2. The van der Waals surface area contributed by atoms with Crippen molar-refractivity contribution < 1.29 is 13.9 Å². The average molecular weight is 365 g/mol. The molecule has 1 atom stereocenters. The van der Waals surface area contributed by atoms with Gasteiger partial charge >= 0.3 is 0 Å². The normalized spacial score (nSPS) is 17.1. The molecule has 0 aromatic heterocycles. The predicted octanol–water partition coefficient (Wildman–Crippen LogP) is 3.48. The van der Waals surface area contributed by atoms with Crippen molar-refractivity contribution in [2.75, 3.05) is 10.6 Å². The molecule has 2 N–H and O–H groups in total. The first-order valence-electron chi connectivity index (χ1n) is 6.78. The number of nitrogens with two attached hydrogens (primary N) is 1. The van der Waals surface area contributed by atoms with Gasteiger partial charge in [0.2, 0.25) is 0 Å². The summed E-state index contributed by atoms with van der Waals surface area (Å²) in [5.74, 6) is -0.849. The van der Waals surface area contributed by atoms with Crippen LogP contribution in [0.2, 0.25) is 0 Å². The first-order valence-corrected chi connectivity index (χ1v) is 7.57. The summed E-state index contributed by atoms with van der Waals surface area (Å²) in [6, 6.07) is 11.1. The zero-order valence-corrected chi connectivity index (χ0v) is 13.4. The van der Waals surface area contributed by atoms with Crippen LogP contribution in [0.15, 0.2) is 40.9 Å². The zero-order valence-electron chi connectivity index (χ0n) is 11.8. The maximum absolute atomic E-state index is 14.3. The molecule has 1 aliphatic rings. The van der Waals surface area contributed by atoms with Crippen LogP contribution in [0.4, 0.5) is 15.8 Å². The van der Waals surface area contributed by atoms with Gasteiger partial charge in [-0.05, 0) is 34.5 Å². The van der Waals surface area contributed by atoms with E-state index in [1.165, 1.54) is 4.90 Å². The lowest BCUT2D eigenvalue weighted by molar-refractivity contribution is -0.125. The molecule has 4 nitrogen and oxygen atoms in total. The molecule has 3 rings (SSSR count). The molecule has 0 aliphatic carbocycles. The van der Waals surface area contributed by atoms with E-state index < -0.39 is 11.9 Å². The number of hydrogen-bond donors (Lipinski definition) is 1. The minimum atomic E-state index is -0.758. The van der Waals surface area contributed by atoms with Crippen LogP contribution in [0.3, 0.4) is 0 Å². The third-order valence-corrected chi connectivity index (χ3v) is 4.23. The molecular weight excluding hydrogens is 351 g/mol. The summed E-state index contributed by atoms with van der Waals surface area (Å²) in [7, 11) is 0. The molecular formula is C16H14BrFN2O2. The summed E-state index contributed by atoms with van der Waals surface area (Å²) in [5, 5.41) is 0. The Balaban J connectivity index is 2.09. The molecule has 1 amide bonds. The van der Waals surface area contributed by atoms with Crippen molar-refractivity contribution in [3.05, 3.63) is 52.3 Å². The maximum Gasteiger partial charge on any atom is 0.268 e. The lowest BCUT2D eigenvalue weighted by atomic mass is 10.1. The number of benzene rings is 2. The highest BCUT2D eigenvalue weighted by molar-refractivity contribution is 9.10. The monoisotopic (exact) mass is 364 g/mol. The van der Waals surface area contributed by atoms with Crippen LogP contribution in [0.5, 0.6) is 5.75 Å². The van der Waals surface area contributed by atoms with Crippen LogP contribution in [-0.4, -0.2) is 12.0 Å². The number of nitrogen functional groups attached to an aromatic ring is 1. The molecule has 22 heavy (non-hydrogen) atoms. The fourth-order valence-electron chi connectivity index (χ4n) is 2.41. The molecule has 0 saturated heterocycles. The molecule has 1 heterocycles. The van der Waals surface area contributed by atoms with Crippen LogP contribution in [0.25, 0.3) is 0 Å². The first kappa shape index (κ1) is 14.8. The van der Waals surface area contributed by atoms with Crippen LogP contribution in [-0.2, 0) is 11.3 Å². The van der Waals surface area contributed by atoms with Crippen molar-refractivity contribution in [3.63, 3.8) is 0 Å². The molecule has 0 fully saturated rings. The van der Waals surface area contributed by atoms with Gasteiger partial charge in [-0.15, -0.1) is 0 Å². The second kappa shape index (κ2) is 5.61. The van der Waals surface area contributed by atoms with E-state index in [2.05, 4.69) is 15.9 Å². The number of amides is 1. The number of rotatable bonds is 2. The summed E-state index contributed by atoms with van der Waals surface area (Å²) in [4.78, 5) is 14.0. The predicted molar refractivity (Wildman–Crippen MR) is 86.2 cm³/mol. The standard InChI is InChI=1S/C16H14BrFN2O2/c1-9-16(21)20(8-10-5-3-2-4-6-10)12-7-11(17)14(19)13(18)15(12)22-9/h2-7,9H,8,19H2,1H3/t9-/m1/s1. The first-order chi connectivity index (χ1) is 10.5. The lowest BCUT2D eigenvalue weighted by Crippen LogP contribution is -2.44. The topological polar surface area (TPSA) is 55.6 Å². The minimum absolute atomic E-state index is 0.0173. The van der Waals surface area contributed by atoms with Gasteiger partial charge in [-0.1, -0.05) is 30.3 Å². The summed E-state index contributed by atoms with van der Waals surface area (Å²) >= 11 is 3.21. The van der Waals surface area contributed by atoms with E-state index in [-0.39, 0.29) is 17.3 Å². The third-order valence-electron chi connectivity index (χ3n) is 3.57. The Morgan fingerprint density at radius 2 is 2.05 bits per heavy atom. The molecule has 0 radical (unpaired) electrons. The second-order valence-electron chi connectivity index (χ2n) is 5.10. The van der Waals surface area contributed by atoms with Crippen molar-refractivity contribution in [1.82, 2.24) is 0 Å². The summed E-state index contributed by atoms with van der Waals surface area (Å²) in [6.45, 7) is 1.94. The van der Waals surface area contributed by atoms with Gasteiger partial charge in [0.1, 0.15) is 0 Å². The van der Waals surface area contributed by atoms with Gasteiger partial charge in [-0.3, -0.25) is 4.79 Å². The van der Waals surface area contributed by atoms with Gasteiger partial charge in [0.15, 0.2) is 17.7 Å². The molecule has 0 saturated carbocycles. The number of hydrogen-bond acceptors (Lipinski definition) is 3. The quantitative estimate of drug-likeness (QED) is 0.829. The highest BCUT2D eigenvalue weighted by atomic mass is 79.9. The summed E-state index contributed by atoms with van der Waals surface area (Å²) in [6.07, 6.45) is -0.758. The third kappa shape index (κ3) is 2.43. The Hall–Kier alpha value is -2.08. The van der Waals surface area contributed by atoms with Crippen molar-refractivity contribution >= 4 is 33.2 Å². The van der Waals surface area contributed by atoms with Gasteiger partial charge in [0, 0.05) is 4.47 Å². The van der Waals surface area contributed by atoms with Crippen molar-refractivity contribution in [3.8, 4) is 5.75 Å². The molecule has 6 heteroatoms. The maximum atomic E-state index is 14.3. The number of ether oxygens (including phenoxy) is 1. The highest BCUT2D eigenvalue weighted by Crippen LogP contribution is 2.42. The van der Waals surface area contributed by atoms with Gasteiger partial charge < -0.3 is 15.4 Å². The molecule has 0 unspecified atom stereocenters. The lowest BCUT2D eigenvalue weighted by Gasteiger charge is -2.33. The van der Waals surface area contributed by atoms with Gasteiger partial charge in [-0.25, -0.2) is 4.39 Å². The average Bonchev–Trinajstić information content (AvgIpc) is 2.52. The van der Waals surface area contributed by atoms with Crippen molar-refractivity contribution in [2.45, 2.75) is 19.6 Å². The van der Waals surface area contributed by atoms with Gasteiger partial charge in [0.05, 0.1) is 17.9 Å². The largest absolute Gasteiger partial charge is 0.476 e. The van der Waals surface area contributed by atoms with E-state index in [9.17, 15) is 9.18 Å². The van der Waals surface area contributed by atoms with E-state index in [4.69, 9.17) is 10.5 Å². The molecule has 114 valence electrons. The Bertz CT molecular complexity index is 737. The van der Waals surface area contributed by atoms with E-state index in [0.717, 1.165) is 5.56 Å². The highest BCUT2D eigenvalue weighted by Gasteiger charge is 2.34. The molecule has 2 aromatic rings. The molecule has 0 bridgehead atoms. The second-order valence-corrected chi connectivity index (χ2v) is 5.96. The van der Waals surface area contributed by atoms with Crippen LogP contribution in [0, 0.1) is 5.82 Å². The molecule has 0 spiro atoms. The fourth-order valence-corrected chi connectivity index (χ4v) is 2.80. The number of carbonyl (C=O) groups is 1.